The quantitative estimate of drug-likeness (QED) is 0.934. The SMILES string of the molecule is CNC(Cc1nnn(C)n1)c1ccc(Cl)c(Cl)c1. The van der Waals surface area contributed by atoms with E-state index in [4.69, 9.17) is 23.2 Å². The molecule has 0 amide bonds. The smallest absolute Gasteiger partial charge is 0.176 e. The molecule has 1 N–H and O–H groups in total. The minimum absolute atomic E-state index is 0.0731. The van der Waals surface area contributed by atoms with Crippen LogP contribution in [0.3, 0.4) is 0 Å². The van der Waals surface area contributed by atoms with Crippen LogP contribution in [0.4, 0.5) is 0 Å². The Balaban J connectivity index is 2.19. The minimum Gasteiger partial charge on any atom is -0.313 e. The number of nitrogens with zero attached hydrogens (tertiary/aromatic N) is 4. The molecule has 0 fully saturated rings. The largest absolute Gasteiger partial charge is 0.313 e. The first kappa shape index (κ1) is 13.3. The van der Waals surface area contributed by atoms with E-state index in [2.05, 4.69) is 20.7 Å². The molecule has 2 rings (SSSR count). The molecule has 5 nitrogen and oxygen atoms in total. The summed E-state index contributed by atoms with van der Waals surface area (Å²) in [5, 5.41) is 16.2. The van der Waals surface area contributed by atoms with Crippen molar-refractivity contribution in [2.24, 2.45) is 7.05 Å². The Labute approximate surface area is 115 Å². The lowest BCUT2D eigenvalue weighted by Gasteiger charge is -2.15. The van der Waals surface area contributed by atoms with Crippen LogP contribution in [0, 0.1) is 0 Å². The van der Waals surface area contributed by atoms with Gasteiger partial charge in [0.15, 0.2) is 5.82 Å². The number of nitrogens with one attached hydrogen (secondary N) is 1. The molecule has 1 unspecified atom stereocenters. The van der Waals surface area contributed by atoms with E-state index in [0.717, 1.165) is 5.56 Å². The Morgan fingerprint density at radius 2 is 2.11 bits per heavy atom. The Morgan fingerprint density at radius 3 is 2.67 bits per heavy atom. The highest BCUT2D eigenvalue weighted by Gasteiger charge is 2.14. The van der Waals surface area contributed by atoms with Crippen molar-refractivity contribution >= 4 is 23.2 Å². The van der Waals surface area contributed by atoms with Crippen LogP contribution in [0.2, 0.25) is 10.0 Å². The Bertz CT molecular complexity index is 540. The molecule has 7 heteroatoms. The van der Waals surface area contributed by atoms with Crippen LogP contribution in [-0.4, -0.2) is 27.3 Å². The average molecular weight is 286 g/mol. The van der Waals surface area contributed by atoms with Crippen molar-refractivity contribution in [3.63, 3.8) is 0 Å². The second-order valence-corrected chi connectivity index (χ2v) is 4.73. The zero-order valence-electron chi connectivity index (χ0n) is 10.1. The minimum atomic E-state index is 0.0731. The van der Waals surface area contributed by atoms with Crippen molar-refractivity contribution in [1.29, 1.82) is 0 Å². The third kappa shape index (κ3) is 2.98. The van der Waals surface area contributed by atoms with Gasteiger partial charge in [-0.15, -0.1) is 10.2 Å². The predicted octanol–water partition coefficient (Wildman–Crippen LogP) is 2.02. The van der Waals surface area contributed by atoms with Gasteiger partial charge in [0.05, 0.1) is 17.1 Å². The summed E-state index contributed by atoms with van der Waals surface area (Å²) in [6.07, 6.45) is 0.641. The fourth-order valence-corrected chi connectivity index (χ4v) is 2.01. The van der Waals surface area contributed by atoms with Crippen LogP contribution in [0.15, 0.2) is 18.2 Å². The summed E-state index contributed by atoms with van der Waals surface area (Å²) >= 11 is 11.9. The molecule has 1 aromatic carbocycles. The van der Waals surface area contributed by atoms with Crippen LogP contribution in [0.5, 0.6) is 0 Å². The zero-order chi connectivity index (χ0) is 13.1. The number of hydrogen-bond acceptors (Lipinski definition) is 4. The summed E-state index contributed by atoms with van der Waals surface area (Å²) in [7, 11) is 3.62. The van der Waals surface area contributed by atoms with Gasteiger partial charge in [0.1, 0.15) is 0 Å². The maximum atomic E-state index is 6.01. The second kappa shape index (κ2) is 5.65. The molecule has 1 heterocycles. The molecule has 0 spiro atoms. The lowest BCUT2D eigenvalue weighted by Crippen LogP contribution is -2.19. The van der Waals surface area contributed by atoms with Crippen LogP contribution in [0.25, 0.3) is 0 Å². The predicted molar refractivity (Wildman–Crippen MR) is 70.8 cm³/mol. The van der Waals surface area contributed by atoms with Gasteiger partial charge >= 0.3 is 0 Å². The fourth-order valence-electron chi connectivity index (χ4n) is 1.70. The maximum Gasteiger partial charge on any atom is 0.176 e. The summed E-state index contributed by atoms with van der Waals surface area (Å²) < 4.78 is 0. The van der Waals surface area contributed by atoms with Gasteiger partial charge in [0, 0.05) is 12.5 Å². The number of benzene rings is 1. The van der Waals surface area contributed by atoms with Crippen molar-refractivity contribution in [2.45, 2.75) is 12.5 Å². The molecular weight excluding hydrogens is 273 g/mol. The van der Waals surface area contributed by atoms with Gasteiger partial charge in [-0.25, -0.2) is 0 Å². The Kier molecular flexibility index (Phi) is 4.16. The van der Waals surface area contributed by atoms with Crippen LogP contribution < -0.4 is 5.32 Å². The lowest BCUT2D eigenvalue weighted by atomic mass is 10.0. The number of halogens is 2. The number of aromatic nitrogens is 4. The fraction of sp³-hybridized carbons (Fsp3) is 0.364. The normalized spacial score (nSPS) is 12.7. The van der Waals surface area contributed by atoms with E-state index in [1.807, 2.05) is 19.2 Å². The maximum absolute atomic E-state index is 6.01. The first-order valence-corrected chi connectivity index (χ1v) is 6.21. The van der Waals surface area contributed by atoms with E-state index in [-0.39, 0.29) is 6.04 Å². The average Bonchev–Trinajstić information content (AvgIpc) is 2.75. The number of aryl methyl sites for hydroxylation is 1. The highest BCUT2D eigenvalue weighted by molar-refractivity contribution is 6.42. The van der Waals surface area contributed by atoms with E-state index in [0.29, 0.717) is 22.3 Å². The van der Waals surface area contributed by atoms with Crippen LogP contribution >= 0.6 is 23.2 Å². The molecule has 2 aromatic rings. The van der Waals surface area contributed by atoms with Gasteiger partial charge in [0.25, 0.3) is 0 Å². The van der Waals surface area contributed by atoms with E-state index in [9.17, 15) is 0 Å². The highest BCUT2D eigenvalue weighted by Crippen LogP contribution is 2.26. The lowest BCUT2D eigenvalue weighted by molar-refractivity contribution is 0.570. The van der Waals surface area contributed by atoms with Gasteiger partial charge in [-0.2, -0.15) is 4.80 Å². The Morgan fingerprint density at radius 1 is 1.33 bits per heavy atom. The topological polar surface area (TPSA) is 55.6 Å². The van der Waals surface area contributed by atoms with Crippen LogP contribution in [-0.2, 0) is 13.5 Å². The molecule has 0 aliphatic heterocycles. The zero-order valence-corrected chi connectivity index (χ0v) is 11.6. The van der Waals surface area contributed by atoms with Gasteiger partial charge < -0.3 is 5.32 Å². The number of rotatable bonds is 4. The first-order valence-electron chi connectivity index (χ1n) is 5.45. The van der Waals surface area contributed by atoms with E-state index in [1.165, 1.54) is 4.80 Å². The van der Waals surface area contributed by atoms with Crippen molar-refractivity contribution < 1.29 is 0 Å². The summed E-state index contributed by atoms with van der Waals surface area (Å²) in [5.74, 6) is 0.683. The third-order valence-electron chi connectivity index (χ3n) is 2.63. The highest BCUT2D eigenvalue weighted by atomic mass is 35.5. The molecule has 1 atom stereocenters. The van der Waals surface area contributed by atoms with Crippen molar-refractivity contribution in [2.75, 3.05) is 7.05 Å². The van der Waals surface area contributed by atoms with Gasteiger partial charge in [0.2, 0.25) is 0 Å². The Hall–Kier alpha value is -1.17. The summed E-state index contributed by atoms with van der Waals surface area (Å²) in [5.41, 5.74) is 1.04. The summed E-state index contributed by atoms with van der Waals surface area (Å²) in [6, 6.07) is 5.64. The van der Waals surface area contributed by atoms with Gasteiger partial charge in [-0.3, -0.25) is 0 Å². The number of likely N-dealkylation sites (N-methyl/N-ethyl adjacent to an activating group) is 1. The number of tetrazole rings is 1. The third-order valence-corrected chi connectivity index (χ3v) is 3.37. The molecular formula is C11H13Cl2N5. The van der Waals surface area contributed by atoms with E-state index >= 15 is 0 Å². The van der Waals surface area contributed by atoms with E-state index in [1.54, 1.807) is 13.1 Å². The standard InChI is InChI=1S/C11H13Cl2N5/c1-14-10(6-11-15-17-18(2)16-11)7-3-4-8(12)9(13)5-7/h3-5,10,14H,6H2,1-2H3. The molecule has 1 aromatic heterocycles. The molecule has 0 aliphatic rings. The first-order chi connectivity index (χ1) is 8.60. The molecule has 0 bridgehead atoms. The van der Waals surface area contributed by atoms with Crippen molar-refractivity contribution in [1.82, 2.24) is 25.5 Å². The molecule has 96 valence electrons. The van der Waals surface area contributed by atoms with Crippen molar-refractivity contribution in [3.05, 3.63) is 39.6 Å². The number of hydrogen-bond donors (Lipinski definition) is 1. The molecule has 0 aliphatic carbocycles. The van der Waals surface area contributed by atoms with Crippen molar-refractivity contribution in [3.8, 4) is 0 Å². The summed E-state index contributed by atoms with van der Waals surface area (Å²) in [6.45, 7) is 0. The van der Waals surface area contributed by atoms with Gasteiger partial charge in [-0.05, 0) is 30.0 Å². The van der Waals surface area contributed by atoms with Crippen LogP contribution in [0.1, 0.15) is 17.4 Å². The van der Waals surface area contributed by atoms with E-state index < -0.39 is 0 Å². The monoisotopic (exact) mass is 285 g/mol. The molecule has 0 radical (unpaired) electrons. The van der Waals surface area contributed by atoms with Gasteiger partial charge in [-0.1, -0.05) is 29.3 Å². The molecule has 0 saturated carbocycles. The molecule has 0 saturated heterocycles. The molecule has 18 heavy (non-hydrogen) atoms. The summed E-state index contributed by atoms with van der Waals surface area (Å²) in [4.78, 5) is 1.44. The second-order valence-electron chi connectivity index (χ2n) is 3.91.